The summed E-state index contributed by atoms with van der Waals surface area (Å²) in [5.41, 5.74) is 0.468. The number of hydrogen-bond donors (Lipinski definition) is 2. The van der Waals surface area contributed by atoms with Gasteiger partial charge < -0.3 is 9.84 Å². The van der Waals surface area contributed by atoms with E-state index in [1.807, 2.05) is 6.92 Å². The van der Waals surface area contributed by atoms with Gasteiger partial charge in [-0.2, -0.15) is 0 Å². The molecule has 0 aliphatic carbocycles. The number of hydrogen-bond acceptors (Lipinski definition) is 6. The summed E-state index contributed by atoms with van der Waals surface area (Å²) in [5, 5.41) is 6.43. The summed E-state index contributed by atoms with van der Waals surface area (Å²) in [6, 6.07) is 4.93. The van der Waals surface area contributed by atoms with Crippen molar-refractivity contribution in [2.45, 2.75) is 18.5 Å². The first-order valence-corrected chi connectivity index (χ1v) is 7.20. The van der Waals surface area contributed by atoms with E-state index < -0.39 is 10.0 Å². The second-order valence-electron chi connectivity index (χ2n) is 3.69. The highest BCUT2D eigenvalue weighted by molar-refractivity contribution is 7.89. The Morgan fingerprint density at radius 1 is 1.32 bits per heavy atom. The van der Waals surface area contributed by atoms with Crippen LogP contribution < -0.4 is 10.0 Å². The van der Waals surface area contributed by atoms with E-state index in [4.69, 9.17) is 4.52 Å². The Morgan fingerprint density at radius 3 is 2.84 bits per heavy atom. The number of anilines is 1. The van der Waals surface area contributed by atoms with Crippen LogP contribution in [0.4, 0.5) is 5.69 Å². The Labute approximate surface area is 111 Å². The molecule has 2 aromatic heterocycles. The van der Waals surface area contributed by atoms with Crippen molar-refractivity contribution in [2.24, 2.45) is 0 Å². The maximum Gasteiger partial charge on any atom is 0.260 e. The van der Waals surface area contributed by atoms with Crippen LogP contribution >= 0.6 is 0 Å². The maximum atomic E-state index is 12.1. The second kappa shape index (κ2) is 5.81. The molecule has 0 aliphatic heterocycles. The summed E-state index contributed by atoms with van der Waals surface area (Å²) < 4.78 is 31.5. The van der Waals surface area contributed by atoms with Gasteiger partial charge in [0.25, 0.3) is 10.0 Å². The molecule has 0 amide bonds. The van der Waals surface area contributed by atoms with Crippen molar-refractivity contribution >= 4 is 15.7 Å². The number of aromatic nitrogens is 2. The molecule has 0 saturated heterocycles. The minimum Gasteiger partial charge on any atom is -0.383 e. The lowest BCUT2D eigenvalue weighted by molar-refractivity contribution is 0.380. The highest BCUT2D eigenvalue weighted by atomic mass is 32.2. The molecule has 8 heteroatoms. The highest BCUT2D eigenvalue weighted by Crippen LogP contribution is 2.17. The van der Waals surface area contributed by atoms with E-state index in [0.29, 0.717) is 18.0 Å². The summed E-state index contributed by atoms with van der Waals surface area (Å²) >= 11 is 0. The zero-order valence-corrected chi connectivity index (χ0v) is 11.1. The van der Waals surface area contributed by atoms with E-state index in [9.17, 15) is 8.42 Å². The van der Waals surface area contributed by atoms with Gasteiger partial charge in [-0.1, -0.05) is 5.16 Å². The molecule has 0 atom stereocenters. The Bertz CT molecular complexity index is 625. The fourth-order valence-corrected chi connectivity index (χ4v) is 2.60. The Hall–Kier alpha value is -1.93. The lowest BCUT2D eigenvalue weighted by atomic mass is 10.4. The van der Waals surface area contributed by atoms with Gasteiger partial charge in [0.15, 0.2) is 10.8 Å². The fourth-order valence-electron chi connectivity index (χ4n) is 1.50. The fraction of sp³-hybridized carbons (Fsp3) is 0.273. The van der Waals surface area contributed by atoms with Gasteiger partial charge in [-0.05, 0) is 19.1 Å². The molecule has 0 aliphatic rings. The van der Waals surface area contributed by atoms with Crippen LogP contribution in [0.5, 0.6) is 0 Å². The topological polar surface area (TPSA) is 97.1 Å². The Morgan fingerprint density at radius 2 is 2.16 bits per heavy atom. The molecule has 0 unspecified atom stereocenters. The van der Waals surface area contributed by atoms with E-state index in [1.54, 1.807) is 18.2 Å². The van der Waals surface area contributed by atoms with Crippen molar-refractivity contribution < 1.29 is 12.9 Å². The van der Waals surface area contributed by atoms with Gasteiger partial charge in [0, 0.05) is 18.8 Å². The SMILES string of the molecule is CCNc1cccnc1S(=O)(=O)NCc1ccno1. The molecule has 102 valence electrons. The smallest absolute Gasteiger partial charge is 0.260 e. The van der Waals surface area contributed by atoms with Gasteiger partial charge in [0.2, 0.25) is 0 Å². The van der Waals surface area contributed by atoms with Gasteiger partial charge in [-0.3, -0.25) is 0 Å². The average molecular weight is 282 g/mol. The van der Waals surface area contributed by atoms with Crippen molar-refractivity contribution in [2.75, 3.05) is 11.9 Å². The van der Waals surface area contributed by atoms with Crippen LogP contribution in [0.2, 0.25) is 0 Å². The average Bonchev–Trinajstić information content (AvgIpc) is 2.91. The first-order chi connectivity index (χ1) is 9.13. The van der Waals surface area contributed by atoms with Crippen LogP contribution in [0.3, 0.4) is 0 Å². The van der Waals surface area contributed by atoms with E-state index in [2.05, 4.69) is 20.2 Å². The lowest BCUT2D eigenvalue weighted by Crippen LogP contribution is -2.25. The van der Waals surface area contributed by atoms with Gasteiger partial charge >= 0.3 is 0 Å². The predicted molar refractivity (Wildman–Crippen MR) is 68.9 cm³/mol. The molecule has 2 rings (SSSR count). The molecule has 19 heavy (non-hydrogen) atoms. The molecule has 0 radical (unpaired) electrons. The molecule has 7 nitrogen and oxygen atoms in total. The summed E-state index contributed by atoms with van der Waals surface area (Å²) in [4.78, 5) is 3.91. The third kappa shape index (κ3) is 3.30. The minimum absolute atomic E-state index is 0.0311. The molecule has 0 aromatic carbocycles. The zero-order valence-electron chi connectivity index (χ0n) is 10.3. The normalized spacial score (nSPS) is 11.4. The first-order valence-electron chi connectivity index (χ1n) is 5.71. The quantitative estimate of drug-likeness (QED) is 0.819. The van der Waals surface area contributed by atoms with Gasteiger partial charge in [-0.15, -0.1) is 0 Å². The van der Waals surface area contributed by atoms with Crippen molar-refractivity contribution in [3.8, 4) is 0 Å². The number of sulfonamides is 1. The van der Waals surface area contributed by atoms with Gasteiger partial charge in [0.1, 0.15) is 0 Å². The molecule has 0 bridgehead atoms. The Balaban J connectivity index is 2.19. The van der Waals surface area contributed by atoms with Crippen LogP contribution in [0.15, 0.2) is 40.1 Å². The number of nitrogens with one attached hydrogen (secondary N) is 2. The lowest BCUT2D eigenvalue weighted by Gasteiger charge is -2.10. The number of rotatable bonds is 6. The van der Waals surface area contributed by atoms with E-state index in [0.717, 1.165) is 0 Å². The molecular formula is C11H14N4O3S. The minimum atomic E-state index is -3.70. The Kier molecular flexibility index (Phi) is 4.13. The monoisotopic (exact) mass is 282 g/mol. The van der Waals surface area contributed by atoms with Gasteiger partial charge in [-0.25, -0.2) is 18.1 Å². The van der Waals surface area contributed by atoms with Crippen molar-refractivity contribution in [1.29, 1.82) is 0 Å². The standard InChI is InChI=1S/C11H14N4O3S/c1-2-12-10-4-3-6-13-11(10)19(16,17)15-8-9-5-7-14-18-9/h3-7,12,15H,2,8H2,1H3. The summed E-state index contributed by atoms with van der Waals surface area (Å²) in [6.07, 6.45) is 2.89. The molecule has 0 saturated carbocycles. The van der Waals surface area contributed by atoms with E-state index >= 15 is 0 Å². The molecule has 0 spiro atoms. The van der Waals surface area contributed by atoms with Crippen LogP contribution in [0.1, 0.15) is 12.7 Å². The first kappa shape index (κ1) is 13.5. The zero-order chi connectivity index (χ0) is 13.7. The van der Waals surface area contributed by atoms with Crippen molar-refractivity contribution in [3.63, 3.8) is 0 Å². The van der Waals surface area contributed by atoms with Crippen LogP contribution in [-0.2, 0) is 16.6 Å². The second-order valence-corrected chi connectivity index (χ2v) is 5.37. The summed E-state index contributed by atoms with van der Waals surface area (Å²) in [6.45, 7) is 2.52. The molecule has 0 fully saturated rings. The van der Waals surface area contributed by atoms with E-state index in [1.165, 1.54) is 12.4 Å². The summed E-state index contributed by atoms with van der Waals surface area (Å²) in [7, 11) is -3.70. The van der Waals surface area contributed by atoms with E-state index in [-0.39, 0.29) is 11.6 Å². The number of nitrogens with zero attached hydrogens (tertiary/aromatic N) is 2. The van der Waals surface area contributed by atoms with Crippen molar-refractivity contribution in [3.05, 3.63) is 36.4 Å². The molecular weight excluding hydrogens is 268 g/mol. The highest BCUT2D eigenvalue weighted by Gasteiger charge is 2.20. The van der Waals surface area contributed by atoms with Crippen LogP contribution in [-0.4, -0.2) is 25.1 Å². The largest absolute Gasteiger partial charge is 0.383 e. The predicted octanol–water partition coefficient (Wildman–Crippen LogP) is 0.980. The van der Waals surface area contributed by atoms with Crippen molar-refractivity contribution in [1.82, 2.24) is 14.9 Å². The van der Waals surface area contributed by atoms with Gasteiger partial charge in [0.05, 0.1) is 18.4 Å². The third-order valence-corrected chi connectivity index (χ3v) is 3.68. The van der Waals surface area contributed by atoms with Crippen LogP contribution in [0, 0.1) is 0 Å². The van der Waals surface area contributed by atoms with Crippen LogP contribution in [0.25, 0.3) is 0 Å². The maximum absolute atomic E-state index is 12.1. The molecule has 2 aromatic rings. The number of pyridine rings is 1. The third-order valence-electron chi connectivity index (χ3n) is 2.32. The molecule has 2 heterocycles. The summed E-state index contributed by atoms with van der Waals surface area (Å²) in [5.74, 6) is 0.435. The molecule has 2 N–H and O–H groups in total.